The van der Waals surface area contributed by atoms with Crippen LogP contribution in [0.15, 0.2) is 20.2 Å². The van der Waals surface area contributed by atoms with E-state index in [-0.39, 0.29) is 22.6 Å². The van der Waals surface area contributed by atoms with Crippen LogP contribution >= 0.6 is 11.3 Å². The standard InChI is InChI=1S/C22H31N5O4S2/c1-2-25-9-11-26(12-10-25)22(28)17-7-4-8-27(14-17)33(29,30)19-13-18(15-32-19)20-23-21(31-24-20)16-5-3-6-16/h13,15-17H,2-12,14H2,1H3. The zero-order chi connectivity index (χ0) is 23.0. The quantitative estimate of drug-likeness (QED) is 0.610. The number of piperidine rings is 1. The van der Waals surface area contributed by atoms with Gasteiger partial charge < -0.3 is 14.3 Å². The number of sulfonamides is 1. The first-order valence-electron chi connectivity index (χ1n) is 11.9. The molecule has 2 aromatic rings. The van der Waals surface area contributed by atoms with E-state index in [2.05, 4.69) is 22.0 Å². The van der Waals surface area contributed by atoms with E-state index in [0.29, 0.717) is 36.2 Å². The van der Waals surface area contributed by atoms with Crippen LogP contribution in [0, 0.1) is 5.92 Å². The van der Waals surface area contributed by atoms with Gasteiger partial charge in [0.15, 0.2) is 0 Å². The van der Waals surface area contributed by atoms with Crippen molar-refractivity contribution in [1.29, 1.82) is 0 Å². The number of aromatic nitrogens is 2. The lowest BCUT2D eigenvalue weighted by molar-refractivity contribution is -0.138. The molecule has 1 saturated carbocycles. The van der Waals surface area contributed by atoms with Crippen molar-refractivity contribution in [1.82, 2.24) is 24.2 Å². The van der Waals surface area contributed by atoms with Gasteiger partial charge in [-0.15, -0.1) is 11.3 Å². The van der Waals surface area contributed by atoms with Crippen molar-refractivity contribution < 1.29 is 17.7 Å². The Kier molecular flexibility index (Phi) is 6.56. The molecule has 33 heavy (non-hydrogen) atoms. The van der Waals surface area contributed by atoms with Crippen LogP contribution in [0.4, 0.5) is 0 Å². The minimum atomic E-state index is -3.68. The second-order valence-electron chi connectivity index (χ2n) is 9.20. The topological polar surface area (TPSA) is 99.8 Å². The van der Waals surface area contributed by atoms with Crippen LogP contribution in [0.3, 0.4) is 0 Å². The molecule has 180 valence electrons. The van der Waals surface area contributed by atoms with Crippen molar-refractivity contribution >= 4 is 27.3 Å². The number of carbonyl (C=O) groups excluding carboxylic acids is 1. The molecule has 2 aromatic heterocycles. The first-order valence-corrected chi connectivity index (χ1v) is 14.2. The first-order chi connectivity index (χ1) is 16.0. The van der Waals surface area contributed by atoms with Gasteiger partial charge >= 0.3 is 0 Å². The zero-order valence-corrected chi connectivity index (χ0v) is 20.6. The Labute approximate surface area is 198 Å². The highest BCUT2D eigenvalue weighted by molar-refractivity contribution is 7.91. The maximum Gasteiger partial charge on any atom is 0.252 e. The maximum absolute atomic E-state index is 13.4. The normalized spacial score (nSPS) is 23.5. The molecule has 4 heterocycles. The van der Waals surface area contributed by atoms with Crippen molar-refractivity contribution in [3.05, 3.63) is 17.3 Å². The number of hydrogen-bond acceptors (Lipinski definition) is 8. The molecule has 0 radical (unpaired) electrons. The zero-order valence-electron chi connectivity index (χ0n) is 19.0. The third kappa shape index (κ3) is 4.60. The van der Waals surface area contributed by atoms with Gasteiger partial charge in [0.1, 0.15) is 4.21 Å². The number of rotatable bonds is 6. The van der Waals surface area contributed by atoms with Gasteiger partial charge in [0.05, 0.1) is 5.92 Å². The van der Waals surface area contributed by atoms with Gasteiger partial charge in [-0.2, -0.15) is 9.29 Å². The Bertz CT molecular complexity index is 1090. The minimum Gasteiger partial charge on any atom is -0.340 e. The maximum atomic E-state index is 13.4. The molecule has 1 aliphatic carbocycles. The second-order valence-corrected chi connectivity index (χ2v) is 12.3. The molecule has 0 aromatic carbocycles. The average Bonchev–Trinajstić information content (AvgIpc) is 3.48. The third-order valence-electron chi connectivity index (χ3n) is 7.19. The number of piperazine rings is 1. The summed E-state index contributed by atoms with van der Waals surface area (Å²) in [6.45, 7) is 7.01. The molecule has 1 unspecified atom stereocenters. The summed E-state index contributed by atoms with van der Waals surface area (Å²) < 4.78 is 33.9. The fourth-order valence-electron chi connectivity index (χ4n) is 4.77. The summed E-state index contributed by atoms with van der Waals surface area (Å²) in [5.41, 5.74) is 0.659. The van der Waals surface area contributed by atoms with Crippen LogP contribution < -0.4 is 0 Å². The minimum absolute atomic E-state index is 0.0906. The smallest absolute Gasteiger partial charge is 0.252 e. The van der Waals surface area contributed by atoms with Gasteiger partial charge in [-0.25, -0.2) is 8.42 Å². The van der Waals surface area contributed by atoms with Crippen LogP contribution in [0.2, 0.25) is 0 Å². The van der Waals surface area contributed by atoms with Crippen molar-refractivity contribution in [3.63, 3.8) is 0 Å². The van der Waals surface area contributed by atoms with Gasteiger partial charge in [-0.3, -0.25) is 4.79 Å². The van der Waals surface area contributed by atoms with Crippen LogP contribution in [0.25, 0.3) is 11.4 Å². The lowest BCUT2D eigenvalue weighted by Crippen LogP contribution is -2.52. The lowest BCUT2D eigenvalue weighted by Gasteiger charge is -2.38. The number of carbonyl (C=O) groups is 1. The van der Waals surface area contributed by atoms with Crippen LogP contribution in [-0.2, 0) is 14.8 Å². The van der Waals surface area contributed by atoms with Crippen LogP contribution in [-0.4, -0.2) is 84.4 Å². The molecular formula is C22H31N5O4S2. The molecule has 2 saturated heterocycles. The molecule has 11 heteroatoms. The van der Waals surface area contributed by atoms with Crippen molar-refractivity contribution in [2.75, 3.05) is 45.8 Å². The van der Waals surface area contributed by atoms with Gasteiger partial charge in [0.2, 0.25) is 17.6 Å². The SMILES string of the molecule is CCN1CCN(C(=O)C2CCCN(S(=O)(=O)c3cc(-c4noc(C5CCC5)n4)cs3)C2)CC1. The summed E-state index contributed by atoms with van der Waals surface area (Å²) in [6, 6.07) is 1.63. The summed E-state index contributed by atoms with van der Waals surface area (Å²) in [5, 5.41) is 5.82. The summed E-state index contributed by atoms with van der Waals surface area (Å²) in [4.78, 5) is 21.8. The molecule has 3 fully saturated rings. The van der Waals surface area contributed by atoms with E-state index in [1.165, 1.54) is 22.1 Å². The fraction of sp³-hybridized carbons (Fsp3) is 0.682. The molecule has 1 amide bonds. The molecule has 2 aliphatic heterocycles. The van der Waals surface area contributed by atoms with Gasteiger partial charge in [0.25, 0.3) is 10.0 Å². The van der Waals surface area contributed by atoms with Crippen LogP contribution in [0.5, 0.6) is 0 Å². The molecule has 1 atom stereocenters. The predicted octanol–water partition coefficient (Wildman–Crippen LogP) is 2.63. The Balaban J connectivity index is 1.26. The number of amides is 1. The number of thiophene rings is 1. The summed E-state index contributed by atoms with van der Waals surface area (Å²) >= 11 is 1.17. The Morgan fingerprint density at radius 1 is 1.15 bits per heavy atom. The Morgan fingerprint density at radius 3 is 2.64 bits per heavy atom. The highest BCUT2D eigenvalue weighted by atomic mass is 32.2. The summed E-state index contributed by atoms with van der Waals surface area (Å²) in [5.74, 6) is 1.23. The molecule has 3 aliphatic rings. The monoisotopic (exact) mass is 493 g/mol. The average molecular weight is 494 g/mol. The van der Waals surface area contributed by atoms with Gasteiger partial charge in [-0.05, 0) is 38.3 Å². The molecular weight excluding hydrogens is 462 g/mol. The van der Waals surface area contributed by atoms with Crippen molar-refractivity contribution in [2.45, 2.75) is 49.2 Å². The van der Waals surface area contributed by atoms with Gasteiger partial charge in [0, 0.05) is 56.1 Å². The lowest BCUT2D eigenvalue weighted by atomic mass is 9.85. The second kappa shape index (κ2) is 9.44. The molecule has 5 rings (SSSR count). The van der Waals surface area contributed by atoms with E-state index in [9.17, 15) is 13.2 Å². The Hall–Kier alpha value is -1.82. The molecule has 0 bridgehead atoms. The molecule has 9 nitrogen and oxygen atoms in total. The van der Waals surface area contributed by atoms with E-state index >= 15 is 0 Å². The van der Waals surface area contributed by atoms with E-state index in [1.807, 2.05) is 4.90 Å². The van der Waals surface area contributed by atoms with Gasteiger partial charge in [-0.1, -0.05) is 18.5 Å². The highest BCUT2D eigenvalue weighted by Crippen LogP contribution is 2.37. The van der Waals surface area contributed by atoms with E-state index < -0.39 is 10.0 Å². The number of nitrogens with zero attached hydrogens (tertiary/aromatic N) is 5. The summed E-state index contributed by atoms with van der Waals surface area (Å²) in [6.07, 6.45) is 4.74. The number of hydrogen-bond donors (Lipinski definition) is 0. The van der Waals surface area contributed by atoms with Crippen molar-refractivity contribution in [3.8, 4) is 11.4 Å². The predicted molar refractivity (Wildman–Crippen MR) is 124 cm³/mol. The van der Waals surface area contributed by atoms with E-state index in [1.54, 1.807) is 11.4 Å². The van der Waals surface area contributed by atoms with Crippen LogP contribution in [0.1, 0.15) is 50.8 Å². The largest absolute Gasteiger partial charge is 0.340 e. The first kappa shape index (κ1) is 22.9. The molecule has 0 spiro atoms. The number of likely N-dealkylation sites (N-methyl/N-ethyl adjacent to an activating group) is 1. The molecule has 0 N–H and O–H groups in total. The third-order valence-corrected chi connectivity index (χ3v) is 10.5. The highest BCUT2D eigenvalue weighted by Gasteiger charge is 2.36. The summed E-state index contributed by atoms with van der Waals surface area (Å²) in [7, 11) is -3.68. The fourth-order valence-corrected chi connectivity index (χ4v) is 7.61. The van der Waals surface area contributed by atoms with Crippen molar-refractivity contribution in [2.24, 2.45) is 5.92 Å². The Morgan fingerprint density at radius 2 is 1.94 bits per heavy atom. The van der Waals surface area contributed by atoms with E-state index in [0.717, 1.165) is 52.0 Å². The van der Waals surface area contributed by atoms with E-state index in [4.69, 9.17) is 4.52 Å².